The number of nitrogens with zero attached hydrogens (tertiary/aromatic N) is 1. The summed E-state index contributed by atoms with van der Waals surface area (Å²) in [6, 6.07) is 20.4. The van der Waals surface area contributed by atoms with E-state index in [4.69, 9.17) is 4.74 Å². The van der Waals surface area contributed by atoms with Crippen molar-refractivity contribution in [2.45, 2.75) is 45.1 Å². The monoisotopic (exact) mass is 383 g/mol. The number of rotatable bonds is 11. The van der Waals surface area contributed by atoms with Crippen LogP contribution in [0.1, 0.15) is 50.7 Å². The Labute approximate surface area is 169 Å². The molecule has 2 aromatic carbocycles. The summed E-state index contributed by atoms with van der Waals surface area (Å²) >= 11 is 0. The van der Waals surface area contributed by atoms with Gasteiger partial charge in [0, 0.05) is 12.5 Å². The molecule has 4 nitrogen and oxygen atoms in total. The molecule has 28 heavy (non-hydrogen) atoms. The van der Waals surface area contributed by atoms with E-state index in [0.717, 1.165) is 13.1 Å². The van der Waals surface area contributed by atoms with Gasteiger partial charge in [-0.1, -0.05) is 74.5 Å². The Hall–Kier alpha value is -2.17. The number of esters is 1. The zero-order valence-electron chi connectivity index (χ0n) is 17.3. The first-order chi connectivity index (χ1) is 13.5. The van der Waals surface area contributed by atoms with Crippen molar-refractivity contribution < 1.29 is 14.6 Å². The highest BCUT2D eigenvalue weighted by molar-refractivity contribution is 5.78. The molecular weight excluding hydrogens is 350 g/mol. The smallest absolute Gasteiger partial charge is 0.337 e. The Morgan fingerprint density at radius 3 is 1.96 bits per heavy atom. The Kier molecular flexibility index (Phi) is 8.68. The number of likely N-dealkylation sites (N-methyl/N-ethyl adjacent to an activating group) is 1. The second-order valence-corrected chi connectivity index (χ2v) is 7.35. The van der Waals surface area contributed by atoms with Crippen LogP contribution in [0.15, 0.2) is 60.7 Å². The van der Waals surface area contributed by atoms with Gasteiger partial charge in [-0.05, 0) is 44.0 Å². The van der Waals surface area contributed by atoms with E-state index in [1.54, 1.807) is 6.92 Å². The van der Waals surface area contributed by atoms with Crippen LogP contribution in [0, 0.1) is 0 Å². The highest BCUT2D eigenvalue weighted by Gasteiger charge is 2.33. The average Bonchev–Trinajstić information content (AvgIpc) is 2.72. The summed E-state index contributed by atoms with van der Waals surface area (Å²) in [5.74, 6) is -0.420. The Bertz CT molecular complexity index is 657. The zero-order valence-corrected chi connectivity index (χ0v) is 17.3. The van der Waals surface area contributed by atoms with Gasteiger partial charge in [0.15, 0.2) is 5.60 Å². The molecule has 0 aliphatic rings. The third-order valence-corrected chi connectivity index (χ3v) is 5.30. The molecule has 0 saturated heterocycles. The van der Waals surface area contributed by atoms with Crippen molar-refractivity contribution in [3.8, 4) is 0 Å². The van der Waals surface area contributed by atoms with Gasteiger partial charge < -0.3 is 14.7 Å². The van der Waals surface area contributed by atoms with Crippen LogP contribution < -0.4 is 0 Å². The largest absolute Gasteiger partial charge is 0.462 e. The van der Waals surface area contributed by atoms with Crippen molar-refractivity contribution in [3.05, 3.63) is 71.8 Å². The number of carbonyl (C=O) groups is 1. The molecule has 0 fully saturated rings. The van der Waals surface area contributed by atoms with Gasteiger partial charge in [0.25, 0.3) is 0 Å². The maximum atomic E-state index is 12.4. The molecule has 0 spiro atoms. The molecule has 0 saturated carbocycles. The minimum absolute atomic E-state index is 0.123. The van der Waals surface area contributed by atoms with E-state index in [1.165, 1.54) is 11.1 Å². The SMILES string of the molecule is CCN(CC)CCOC(=O)C(C)(O)CCC(c1ccccc1)c1ccccc1. The van der Waals surface area contributed by atoms with Crippen molar-refractivity contribution in [3.63, 3.8) is 0 Å². The molecule has 2 aromatic rings. The van der Waals surface area contributed by atoms with Crippen LogP contribution in [0.5, 0.6) is 0 Å². The lowest BCUT2D eigenvalue weighted by atomic mass is 9.84. The number of benzene rings is 2. The highest BCUT2D eigenvalue weighted by atomic mass is 16.5. The number of hydrogen-bond acceptors (Lipinski definition) is 4. The van der Waals surface area contributed by atoms with E-state index in [-0.39, 0.29) is 5.92 Å². The number of ether oxygens (including phenoxy) is 1. The zero-order chi connectivity index (χ0) is 20.4. The third-order valence-electron chi connectivity index (χ3n) is 5.30. The van der Waals surface area contributed by atoms with Crippen molar-refractivity contribution in [1.29, 1.82) is 0 Å². The number of aliphatic hydroxyl groups is 1. The maximum Gasteiger partial charge on any atom is 0.337 e. The lowest BCUT2D eigenvalue weighted by Crippen LogP contribution is -2.39. The molecule has 1 unspecified atom stereocenters. The van der Waals surface area contributed by atoms with Crippen LogP contribution in [0.25, 0.3) is 0 Å². The summed E-state index contributed by atoms with van der Waals surface area (Å²) in [5.41, 5.74) is 0.865. The van der Waals surface area contributed by atoms with Crippen LogP contribution in [-0.2, 0) is 9.53 Å². The molecule has 1 atom stereocenters. The van der Waals surface area contributed by atoms with Crippen molar-refractivity contribution in [1.82, 2.24) is 4.90 Å². The van der Waals surface area contributed by atoms with E-state index < -0.39 is 11.6 Å². The van der Waals surface area contributed by atoms with E-state index in [2.05, 4.69) is 43.0 Å². The molecule has 0 bridgehead atoms. The van der Waals surface area contributed by atoms with Crippen LogP contribution >= 0.6 is 0 Å². The molecule has 0 heterocycles. The minimum atomic E-state index is -1.49. The second-order valence-electron chi connectivity index (χ2n) is 7.35. The first-order valence-corrected chi connectivity index (χ1v) is 10.2. The molecule has 4 heteroatoms. The highest BCUT2D eigenvalue weighted by Crippen LogP contribution is 2.31. The Balaban J connectivity index is 2.00. The molecular formula is C24H33NO3. The van der Waals surface area contributed by atoms with Crippen LogP contribution in [0.2, 0.25) is 0 Å². The van der Waals surface area contributed by atoms with Crippen molar-refractivity contribution >= 4 is 5.97 Å². The van der Waals surface area contributed by atoms with Gasteiger partial charge in [-0.3, -0.25) is 0 Å². The first-order valence-electron chi connectivity index (χ1n) is 10.2. The molecule has 0 amide bonds. The lowest BCUT2D eigenvalue weighted by Gasteiger charge is -2.26. The fourth-order valence-electron chi connectivity index (χ4n) is 3.39. The topological polar surface area (TPSA) is 49.8 Å². The summed E-state index contributed by atoms with van der Waals surface area (Å²) in [4.78, 5) is 14.6. The standard InChI is InChI=1S/C24H33NO3/c1-4-25(5-2)18-19-28-23(26)24(3,27)17-16-22(20-12-8-6-9-13-20)21-14-10-7-11-15-21/h6-15,22,27H,4-5,16-19H2,1-3H3. The normalized spacial score (nSPS) is 13.5. The van der Waals surface area contributed by atoms with Crippen LogP contribution in [-0.4, -0.2) is 47.8 Å². The summed E-state index contributed by atoms with van der Waals surface area (Å²) < 4.78 is 5.35. The van der Waals surface area contributed by atoms with E-state index in [1.807, 2.05) is 36.4 Å². The van der Waals surface area contributed by atoms with E-state index >= 15 is 0 Å². The van der Waals surface area contributed by atoms with Crippen molar-refractivity contribution in [2.24, 2.45) is 0 Å². The Morgan fingerprint density at radius 2 is 1.50 bits per heavy atom. The van der Waals surface area contributed by atoms with Gasteiger partial charge in [0.1, 0.15) is 6.61 Å². The second kappa shape index (κ2) is 11.0. The fraction of sp³-hybridized carbons (Fsp3) is 0.458. The van der Waals surface area contributed by atoms with Gasteiger partial charge in [-0.15, -0.1) is 0 Å². The van der Waals surface area contributed by atoms with E-state index in [9.17, 15) is 9.90 Å². The number of hydrogen-bond donors (Lipinski definition) is 1. The van der Waals surface area contributed by atoms with Gasteiger partial charge in [0.05, 0.1) is 0 Å². The first kappa shape index (κ1) is 22.1. The molecule has 0 aliphatic heterocycles. The summed E-state index contributed by atoms with van der Waals surface area (Å²) in [6.07, 6.45) is 0.998. The van der Waals surface area contributed by atoms with Crippen LogP contribution in [0.4, 0.5) is 0 Å². The van der Waals surface area contributed by atoms with Gasteiger partial charge in [-0.2, -0.15) is 0 Å². The lowest BCUT2D eigenvalue weighted by molar-refractivity contribution is -0.164. The summed E-state index contributed by atoms with van der Waals surface area (Å²) in [6.45, 7) is 8.53. The van der Waals surface area contributed by atoms with E-state index in [0.29, 0.717) is 26.0 Å². The summed E-state index contributed by atoms with van der Waals surface area (Å²) in [7, 11) is 0. The van der Waals surface area contributed by atoms with Gasteiger partial charge >= 0.3 is 5.97 Å². The Morgan fingerprint density at radius 1 is 1.00 bits per heavy atom. The molecule has 0 radical (unpaired) electrons. The number of carbonyl (C=O) groups excluding carboxylic acids is 1. The fourth-order valence-corrected chi connectivity index (χ4v) is 3.39. The maximum absolute atomic E-state index is 12.4. The molecule has 152 valence electrons. The van der Waals surface area contributed by atoms with Crippen LogP contribution in [0.3, 0.4) is 0 Å². The molecule has 0 aromatic heterocycles. The quantitative estimate of drug-likeness (QED) is 0.590. The predicted molar refractivity (Wildman–Crippen MR) is 113 cm³/mol. The van der Waals surface area contributed by atoms with Crippen molar-refractivity contribution in [2.75, 3.05) is 26.2 Å². The average molecular weight is 384 g/mol. The predicted octanol–water partition coefficient (Wildman–Crippen LogP) is 4.23. The minimum Gasteiger partial charge on any atom is -0.462 e. The molecule has 2 rings (SSSR count). The van der Waals surface area contributed by atoms with Gasteiger partial charge in [0.2, 0.25) is 0 Å². The third kappa shape index (κ3) is 6.47. The summed E-state index contributed by atoms with van der Waals surface area (Å²) in [5, 5.41) is 10.7. The molecule has 0 aliphatic carbocycles. The molecule has 1 N–H and O–H groups in total. The van der Waals surface area contributed by atoms with Gasteiger partial charge in [-0.25, -0.2) is 4.79 Å².